The molecule has 2 rings (SSSR count). The lowest BCUT2D eigenvalue weighted by Gasteiger charge is -2.21. The summed E-state index contributed by atoms with van der Waals surface area (Å²) in [5.74, 6) is -0.230. The molecule has 1 unspecified atom stereocenters. The Bertz CT molecular complexity index is 679. The van der Waals surface area contributed by atoms with Crippen LogP contribution in [0.25, 0.3) is 0 Å². The van der Waals surface area contributed by atoms with Crippen LogP contribution in [0.2, 0.25) is 0 Å². The Hall–Kier alpha value is -2.14. The average Bonchev–Trinajstić information content (AvgIpc) is 2.46. The van der Waals surface area contributed by atoms with Crippen LogP contribution in [0, 0.1) is 0 Å². The first-order chi connectivity index (χ1) is 10.4. The maximum Gasteiger partial charge on any atom is 0.252 e. The zero-order valence-corrected chi connectivity index (χ0v) is 13.7. The Balaban J connectivity index is 2.24. The van der Waals surface area contributed by atoms with E-state index in [1.807, 2.05) is 51.1 Å². The summed E-state index contributed by atoms with van der Waals surface area (Å²) >= 11 is 0. The van der Waals surface area contributed by atoms with E-state index < -0.39 is 11.0 Å². The van der Waals surface area contributed by atoms with E-state index in [0.717, 1.165) is 5.69 Å². The summed E-state index contributed by atoms with van der Waals surface area (Å²) in [5, 5.41) is 2.89. The lowest BCUT2D eigenvalue weighted by Crippen LogP contribution is -2.41. The molecule has 1 atom stereocenters. The van der Waals surface area contributed by atoms with E-state index in [1.54, 1.807) is 24.3 Å². The Morgan fingerprint density at radius 1 is 0.955 bits per heavy atom. The van der Waals surface area contributed by atoms with Crippen molar-refractivity contribution >= 4 is 22.6 Å². The number of anilines is 1. The highest BCUT2D eigenvalue weighted by atomic mass is 32.2. The molecule has 0 aromatic heterocycles. The summed E-state index contributed by atoms with van der Waals surface area (Å²) in [6.07, 6.45) is 0. The van der Waals surface area contributed by atoms with Gasteiger partial charge in [0, 0.05) is 11.2 Å². The summed E-state index contributed by atoms with van der Waals surface area (Å²) in [7, 11) is -1.51. The number of nitrogens with one attached hydrogen (secondary N) is 2. The first kappa shape index (κ1) is 16.2. The minimum Gasteiger partial charge on any atom is -0.347 e. The van der Waals surface area contributed by atoms with Gasteiger partial charge in [-0.3, -0.25) is 4.79 Å². The number of hydrogen-bond donors (Lipinski definition) is 2. The first-order valence-electron chi connectivity index (χ1n) is 7.02. The van der Waals surface area contributed by atoms with Gasteiger partial charge in [0.05, 0.1) is 10.5 Å². The van der Waals surface area contributed by atoms with Gasteiger partial charge in [0.2, 0.25) is 0 Å². The molecular weight excluding hydrogens is 296 g/mol. The van der Waals surface area contributed by atoms with Gasteiger partial charge in [-0.15, -0.1) is 0 Å². The van der Waals surface area contributed by atoms with Crippen molar-refractivity contribution in [3.8, 4) is 0 Å². The van der Waals surface area contributed by atoms with Crippen molar-refractivity contribution in [2.45, 2.75) is 31.2 Å². The number of rotatable bonds is 4. The molecule has 2 aromatic rings. The predicted octanol–water partition coefficient (Wildman–Crippen LogP) is 3.35. The molecule has 22 heavy (non-hydrogen) atoms. The Morgan fingerprint density at radius 3 is 2.18 bits per heavy atom. The summed E-state index contributed by atoms with van der Waals surface area (Å²) in [6.45, 7) is 5.73. The van der Waals surface area contributed by atoms with E-state index in [-0.39, 0.29) is 11.4 Å². The van der Waals surface area contributed by atoms with Gasteiger partial charge in [0.1, 0.15) is 0 Å². The summed E-state index contributed by atoms with van der Waals surface area (Å²) in [5.41, 5.74) is 0.810. The molecular formula is C17H20N2O2S. The lowest BCUT2D eigenvalue weighted by atomic mass is 10.1. The number of hydrogen-bond acceptors (Lipinski definition) is 2. The largest absolute Gasteiger partial charge is 0.347 e. The van der Waals surface area contributed by atoms with Gasteiger partial charge in [-0.05, 0) is 45.0 Å². The molecule has 0 aliphatic carbocycles. The van der Waals surface area contributed by atoms with Crippen LogP contribution in [0.4, 0.5) is 5.69 Å². The number of carbonyl (C=O) groups is 1. The summed E-state index contributed by atoms with van der Waals surface area (Å²) in [4.78, 5) is 12.8. The molecule has 0 aliphatic rings. The second-order valence-corrected chi connectivity index (χ2v) is 7.12. The fraction of sp³-hybridized carbons (Fsp3) is 0.235. The zero-order chi connectivity index (χ0) is 16.2. The van der Waals surface area contributed by atoms with Gasteiger partial charge >= 0.3 is 0 Å². The second-order valence-electron chi connectivity index (χ2n) is 5.94. The molecule has 116 valence electrons. The number of amides is 1. The normalized spacial score (nSPS) is 12.5. The molecule has 0 fully saturated rings. The molecule has 0 saturated carbocycles. The average molecular weight is 316 g/mol. The summed E-state index contributed by atoms with van der Waals surface area (Å²) in [6, 6.07) is 16.2. The fourth-order valence-corrected chi connectivity index (χ4v) is 2.91. The van der Waals surface area contributed by atoms with Crippen LogP contribution in [-0.4, -0.2) is 15.7 Å². The highest BCUT2D eigenvalue weighted by molar-refractivity contribution is 7.86. The Morgan fingerprint density at radius 2 is 1.55 bits per heavy atom. The van der Waals surface area contributed by atoms with Crippen molar-refractivity contribution in [3.05, 3.63) is 60.2 Å². The molecule has 2 aromatic carbocycles. The predicted molar refractivity (Wildman–Crippen MR) is 90.1 cm³/mol. The number of carbonyl (C=O) groups excluding carboxylic acids is 1. The maximum absolute atomic E-state index is 12.5. The van der Waals surface area contributed by atoms with Crippen molar-refractivity contribution in [2.75, 3.05) is 4.72 Å². The van der Waals surface area contributed by atoms with Crippen LogP contribution >= 0.6 is 0 Å². The highest BCUT2D eigenvalue weighted by Crippen LogP contribution is 2.17. The van der Waals surface area contributed by atoms with Gasteiger partial charge < -0.3 is 10.0 Å². The molecule has 0 heterocycles. The van der Waals surface area contributed by atoms with E-state index in [1.165, 1.54) is 0 Å². The molecule has 1 amide bonds. The molecule has 0 radical (unpaired) electrons. The van der Waals surface area contributed by atoms with E-state index in [9.17, 15) is 9.00 Å². The van der Waals surface area contributed by atoms with Crippen molar-refractivity contribution in [1.29, 1.82) is 0 Å². The molecule has 0 spiro atoms. The minimum atomic E-state index is -1.51. The van der Waals surface area contributed by atoms with Crippen LogP contribution in [0.15, 0.2) is 59.5 Å². The lowest BCUT2D eigenvalue weighted by molar-refractivity contribution is 0.0916. The Kier molecular flexibility index (Phi) is 4.98. The molecule has 5 heteroatoms. The molecule has 4 nitrogen and oxygen atoms in total. The van der Waals surface area contributed by atoms with Crippen molar-refractivity contribution in [2.24, 2.45) is 0 Å². The monoisotopic (exact) mass is 316 g/mol. The SMILES string of the molecule is CC(C)(C)NC(=O)c1ccccc1S(=O)Nc1ccccc1. The third-order valence-corrected chi connectivity index (χ3v) is 3.98. The quantitative estimate of drug-likeness (QED) is 0.909. The smallest absolute Gasteiger partial charge is 0.252 e. The first-order valence-corrected chi connectivity index (χ1v) is 8.17. The van der Waals surface area contributed by atoms with E-state index in [2.05, 4.69) is 10.0 Å². The highest BCUT2D eigenvalue weighted by Gasteiger charge is 2.20. The third-order valence-electron chi connectivity index (χ3n) is 2.80. The van der Waals surface area contributed by atoms with E-state index >= 15 is 0 Å². The molecule has 2 N–H and O–H groups in total. The van der Waals surface area contributed by atoms with Crippen molar-refractivity contribution < 1.29 is 9.00 Å². The Labute approximate surface area is 133 Å². The zero-order valence-electron chi connectivity index (χ0n) is 12.9. The fourth-order valence-electron chi connectivity index (χ4n) is 1.89. The van der Waals surface area contributed by atoms with E-state index in [4.69, 9.17) is 0 Å². The van der Waals surface area contributed by atoms with Crippen LogP contribution in [-0.2, 0) is 11.0 Å². The van der Waals surface area contributed by atoms with Crippen molar-refractivity contribution in [3.63, 3.8) is 0 Å². The van der Waals surface area contributed by atoms with Gasteiger partial charge in [0.15, 0.2) is 11.0 Å². The van der Waals surface area contributed by atoms with Crippen LogP contribution in [0.3, 0.4) is 0 Å². The van der Waals surface area contributed by atoms with Gasteiger partial charge in [0.25, 0.3) is 5.91 Å². The minimum absolute atomic E-state index is 0.230. The maximum atomic E-state index is 12.5. The third kappa shape index (κ3) is 4.43. The van der Waals surface area contributed by atoms with Crippen LogP contribution < -0.4 is 10.0 Å². The summed E-state index contributed by atoms with van der Waals surface area (Å²) < 4.78 is 15.4. The van der Waals surface area contributed by atoms with E-state index in [0.29, 0.717) is 10.5 Å². The number of benzene rings is 2. The topological polar surface area (TPSA) is 58.2 Å². The molecule has 0 saturated heterocycles. The second kappa shape index (κ2) is 6.75. The van der Waals surface area contributed by atoms with Gasteiger partial charge in [-0.1, -0.05) is 30.3 Å². The van der Waals surface area contributed by atoms with Crippen LogP contribution in [0.1, 0.15) is 31.1 Å². The van der Waals surface area contributed by atoms with Crippen molar-refractivity contribution in [1.82, 2.24) is 5.32 Å². The number of para-hydroxylation sites is 1. The molecule has 0 bridgehead atoms. The van der Waals surface area contributed by atoms with Crippen LogP contribution in [0.5, 0.6) is 0 Å². The van der Waals surface area contributed by atoms with Gasteiger partial charge in [-0.2, -0.15) is 0 Å². The standard InChI is InChI=1S/C17H20N2O2S/c1-17(2,3)18-16(20)14-11-7-8-12-15(14)22(21)19-13-9-5-4-6-10-13/h4-12,19H,1-3H3,(H,18,20). The molecule has 0 aliphatic heterocycles. The van der Waals surface area contributed by atoms with Gasteiger partial charge in [-0.25, -0.2) is 4.21 Å².